The van der Waals surface area contributed by atoms with Crippen molar-refractivity contribution in [3.05, 3.63) is 134 Å². The molecule has 0 amide bonds. The highest BCUT2D eigenvalue weighted by atomic mass is 16.6. The summed E-state index contributed by atoms with van der Waals surface area (Å²) in [5, 5.41) is 0. The van der Waals surface area contributed by atoms with Crippen LogP contribution in [0.25, 0.3) is 0 Å². The van der Waals surface area contributed by atoms with Crippen molar-refractivity contribution in [1.29, 1.82) is 0 Å². The van der Waals surface area contributed by atoms with Crippen molar-refractivity contribution in [2.45, 2.75) is 70.4 Å². The van der Waals surface area contributed by atoms with Crippen molar-refractivity contribution in [2.24, 2.45) is 0 Å². The molecule has 3 aromatic carbocycles. The summed E-state index contributed by atoms with van der Waals surface area (Å²) in [6, 6.07) is 19.5. The summed E-state index contributed by atoms with van der Waals surface area (Å²) in [5.41, 5.74) is 3.45. The first-order chi connectivity index (χ1) is 27.3. The van der Waals surface area contributed by atoms with Crippen LogP contribution in [0.5, 0.6) is 23.0 Å². The fourth-order valence-corrected chi connectivity index (χ4v) is 6.22. The predicted octanol–water partition coefficient (Wildman–Crippen LogP) is 6.76. The number of benzene rings is 3. The van der Waals surface area contributed by atoms with Gasteiger partial charge in [-0.3, -0.25) is 0 Å². The smallest absolute Gasteiger partial charge is 0.330 e. The summed E-state index contributed by atoms with van der Waals surface area (Å²) in [7, 11) is 0. The molecule has 0 saturated carbocycles. The zero-order chi connectivity index (χ0) is 41.5. The summed E-state index contributed by atoms with van der Waals surface area (Å²) < 4.78 is 46.1. The normalized spacial score (nSPS) is 14.5. The molecular weight excluding hydrogens is 732 g/mol. The van der Waals surface area contributed by atoms with Crippen molar-refractivity contribution in [3.63, 3.8) is 0 Å². The summed E-state index contributed by atoms with van der Waals surface area (Å²) in [6.07, 6.45) is 3.15. The molecule has 0 heterocycles. The van der Waals surface area contributed by atoms with Gasteiger partial charge in [0.2, 0.25) is 0 Å². The zero-order valence-electron chi connectivity index (χ0n) is 32.9. The Bertz CT molecular complexity index is 1810. The molecule has 3 aromatic rings. The van der Waals surface area contributed by atoms with Crippen molar-refractivity contribution >= 4 is 23.9 Å². The molecule has 302 valence electrons. The minimum atomic E-state index is -0.654. The van der Waals surface area contributed by atoms with Gasteiger partial charge < -0.3 is 37.9 Å². The van der Waals surface area contributed by atoms with Crippen LogP contribution in [-0.2, 0) is 56.4 Å². The number of esters is 4. The zero-order valence-corrected chi connectivity index (χ0v) is 32.9. The van der Waals surface area contributed by atoms with Crippen LogP contribution in [0.3, 0.4) is 0 Å². The quantitative estimate of drug-likeness (QED) is 0.0604. The number of fused-ring (bicyclic) bond motifs is 1. The first-order valence-electron chi connectivity index (χ1n) is 18.5. The molecule has 0 radical (unpaired) electrons. The SMILES string of the molecule is C=CC(=O)OC(C)COc1ccc(C2(c3ccc(OCC(C)OC(=O)C=C)c(OCC(C)OC(=O)C=C)c3)Cc3ccccc3C2)cc1OCC(C)OC(=O)C=C. The fourth-order valence-electron chi connectivity index (χ4n) is 6.22. The Morgan fingerprint density at radius 1 is 0.509 bits per heavy atom. The van der Waals surface area contributed by atoms with Crippen LogP contribution in [0.4, 0.5) is 0 Å². The van der Waals surface area contributed by atoms with E-state index in [1.165, 1.54) is 0 Å². The van der Waals surface area contributed by atoms with E-state index in [2.05, 4.69) is 38.4 Å². The van der Waals surface area contributed by atoms with Crippen molar-refractivity contribution in [2.75, 3.05) is 26.4 Å². The lowest BCUT2D eigenvalue weighted by molar-refractivity contribution is -0.144. The number of carbonyl (C=O) groups is 4. The largest absolute Gasteiger partial charge is 0.486 e. The molecule has 0 aliphatic heterocycles. The van der Waals surface area contributed by atoms with Gasteiger partial charge in [-0.15, -0.1) is 0 Å². The van der Waals surface area contributed by atoms with Crippen LogP contribution >= 0.6 is 0 Å². The van der Waals surface area contributed by atoms with E-state index < -0.39 is 53.7 Å². The maximum Gasteiger partial charge on any atom is 0.330 e. The fraction of sp³-hybridized carbons (Fsp3) is 0.333. The average molecular weight is 783 g/mol. The van der Waals surface area contributed by atoms with Gasteiger partial charge in [0.1, 0.15) is 50.8 Å². The van der Waals surface area contributed by atoms with Gasteiger partial charge in [0.15, 0.2) is 23.0 Å². The van der Waals surface area contributed by atoms with Crippen LogP contribution in [0.1, 0.15) is 49.9 Å². The first kappa shape index (κ1) is 43.4. The minimum Gasteiger partial charge on any atom is -0.486 e. The molecule has 1 aliphatic rings. The summed E-state index contributed by atoms with van der Waals surface area (Å²) in [4.78, 5) is 47.4. The van der Waals surface area contributed by atoms with Crippen LogP contribution in [0.2, 0.25) is 0 Å². The highest BCUT2D eigenvalue weighted by molar-refractivity contribution is 5.82. The number of ether oxygens (including phenoxy) is 8. The molecule has 12 heteroatoms. The number of rotatable bonds is 22. The van der Waals surface area contributed by atoms with Gasteiger partial charge in [-0.2, -0.15) is 0 Å². The van der Waals surface area contributed by atoms with Gasteiger partial charge in [-0.05, 0) is 87.1 Å². The van der Waals surface area contributed by atoms with Crippen molar-refractivity contribution < 1.29 is 57.1 Å². The molecule has 0 bridgehead atoms. The molecule has 4 unspecified atom stereocenters. The molecule has 4 atom stereocenters. The second kappa shape index (κ2) is 20.6. The van der Waals surface area contributed by atoms with Gasteiger partial charge in [0.25, 0.3) is 0 Å². The molecule has 0 N–H and O–H groups in total. The lowest BCUT2D eigenvalue weighted by Crippen LogP contribution is -2.29. The molecule has 0 fully saturated rings. The third-order valence-electron chi connectivity index (χ3n) is 8.93. The van der Waals surface area contributed by atoms with Crippen LogP contribution in [0, 0.1) is 0 Å². The van der Waals surface area contributed by atoms with Gasteiger partial charge in [0, 0.05) is 29.7 Å². The minimum absolute atomic E-state index is 0.00674. The van der Waals surface area contributed by atoms with Crippen LogP contribution < -0.4 is 18.9 Å². The maximum absolute atomic E-state index is 11.9. The Kier molecular flexibility index (Phi) is 15.7. The summed E-state index contributed by atoms with van der Waals surface area (Å²) in [5.74, 6) is -0.781. The number of hydrogen-bond acceptors (Lipinski definition) is 12. The third kappa shape index (κ3) is 12.1. The molecule has 0 aromatic heterocycles. The Balaban J connectivity index is 1.78. The van der Waals surface area contributed by atoms with Crippen molar-refractivity contribution in [1.82, 2.24) is 0 Å². The molecule has 1 aliphatic carbocycles. The van der Waals surface area contributed by atoms with Gasteiger partial charge in [-0.1, -0.05) is 62.7 Å². The molecule has 4 rings (SSSR count). The lowest BCUT2D eigenvalue weighted by atomic mass is 9.72. The van der Waals surface area contributed by atoms with E-state index in [9.17, 15) is 19.2 Å². The number of carbonyl (C=O) groups excluding carboxylic acids is 4. The van der Waals surface area contributed by atoms with E-state index in [4.69, 9.17) is 37.9 Å². The molecule has 12 nitrogen and oxygen atoms in total. The van der Waals surface area contributed by atoms with E-state index >= 15 is 0 Å². The Morgan fingerprint density at radius 3 is 1.11 bits per heavy atom. The third-order valence-corrected chi connectivity index (χ3v) is 8.93. The van der Waals surface area contributed by atoms with Crippen LogP contribution in [0.15, 0.2) is 111 Å². The van der Waals surface area contributed by atoms with Gasteiger partial charge in [-0.25, -0.2) is 19.2 Å². The second-order valence-corrected chi connectivity index (χ2v) is 13.6. The Hall–Kier alpha value is -6.30. The highest BCUT2D eigenvalue weighted by Crippen LogP contribution is 2.48. The standard InChI is InChI=1S/C45H50O12/c1-9-41(46)54-29(5)25-50-37-19-17-35(21-39(37)52-27-31(7)56-43(48)11-3)45(23-33-15-13-14-16-34(33)24-45)36-18-20-38(51-26-30(6)55-42(47)10-2)40(22-36)53-28-32(8)57-44(49)12-4/h9-22,29-32H,1-4,23-28H2,5-8H3. The van der Waals surface area contributed by atoms with E-state index in [1.54, 1.807) is 39.8 Å². The molecule has 0 saturated heterocycles. The Morgan fingerprint density at radius 2 is 0.807 bits per heavy atom. The summed E-state index contributed by atoms with van der Waals surface area (Å²) in [6.45, 7) is 20.7. The van der Waals surface area contributed by atoms with E-state index in [0.717, 1.165) is 46.6 Å². The van der Waals surface area contributed by atoms with E-state index in [0.29, 0.717) is 35.8 Å². The summed E-state index contributed by atoms with van der Waals surface area (Å²) >= 11 is 0. The molecular formula is C45H50O12. The van der Waals surface area contributed by atoms with E-state index in [-0.39, 0.29) is 26.4 Å². The Labute approximate surface area is 333 Å². The van der Waals surface area contributed by atoms with Crippen LogP contribution in [-0.4, -0.2) is 74.7 Å². The maximum atomic E-state index is 11.9. The van der Waals surface area contributed by atoms with Gasteiger partial charge >= 0.3 is 23.9 Å². The van der Waals surface area contributed by atoms with E-state index in [1.807, 2.05) is 36.4 Å². The number of hydrogen-bond donors (Lipinski definition) is 0. The lowest BCUT2D eigenvalue weighted by Gasteiger charge is -2.32. The van der Waals surface area contributed by atoms with Crippen molar-refractivity contribution in [3.8, 4) is 23.0 Å². The predicted molar refractivity (Wildman–Crippen MR) is 212 cm³/mol. The monoisotopic (exact) mass is 782 g/mol. The second-order valence-electron chi connectivity index (χ2n) is 13.6. The topological polar surface area (TPSA) is 142 Å². The average Bonchev–Trinajstić information content (AvgIpc) is 3.61. The highest BCUT2D eigenvalue weighted by Gasteiger charge is 2.41. The molecule has 57 heavy (non-hydrogen) atoms. The first-order valence-corrected chi connectivity index (χ1v) is 18.5. The van der Waals surface area contributed by atoms with Gasteiger partial charge in [0.05, 0.1) is 0 Å². The molecule has 0 spiro atoms.